The lowest BCUT2D eigenvalue weighted by Crippen LogP contribution is -2.30. The zero-order valence-corrected chi connectivity index (χ0v) is 17.5. The molecule has 6 heteroatoms. The Balaban J connectivity index is 1.86. The summed E-state index contributed by atoms with van der Waals surface area (Å²) in [7, 11) is 0. The van der Waals surface area contributed by atoms with Crippen LogP contribution in [0.1, 0.15) is 31.4 Å². The lowest BCUT2D eigenvalue weighted by Gasteiger charge is -2.15. The smallest absolute Gasteiger partial charge is 0.350 e. The maximum Gasteiger partial charge on any atom is 0.350 e. The summed E-state index contributed by atoms with van der Waals surface area (Å²) in [4.78, 5) is 29.5. The van der Waals surface area contributed by atoms with Gasteiger partial charge in [0.1, 0.15) is 12.4 Å². The number of amides is 1. The SMILES string of the molecule is Cc1ccc(NC(=O)Cn2c(=O)nc(NCCC(C)C)c3ccccc32)c(C)c1. The monoisotopic (exact) mass is 392 g/mol. The molecule has 0 spiro atoms. The van der Waals surface area contributed by atoms with E-state index in [9.17, 15) is 9.59 Å². The lowest BCUT2D eigenvalue weighted by molar-refractivity contribution is -0.116. The summed E-state index contributed by atoms with van der Waals surface area (Å²) in [6.07, 6.45) is 0.984. The van der Waals surface area contributed by atoms with Crippen LogP contribution in [0.25, 0.3) is 10.9 Å². The van der Waals surface area contributed by atoms with Crippen LogP contribution in [0.15, 0.2) is 47.3 Å². The molecule has 2 aromatic carbocycles. The average molecular weight is 393 g/mol. The van der Waals surface area contributed by atoms with Gasteiger partial charge < -0.3 is 10.6 Å². The molecule has 0 fully saturated rings. The first-order valence-electron chi connectivity index (χ1n) is 9.95. The fourth-order valence-electron chi connectivity index (χ4n) is 3.28. The molecule has 1 aromatic heterocycles. The molecule has 29 heavy (non-hydrogen) atoms. The van der Waals surface area contributed by atoms with E-state index in [-0.39, 0.29) is 12.5 Å². The fourth-order valence-corrected chi connectivity index (χ4v) is 3.28. The van der Waals surface area contributed by atoms with E-state index in [1.807, 2.05) is 56.3 Å². The van der Waals surface area contributed by atoms with Gasteiger partial charge in [-0.25, -0.2) is 4.79 Å². The first kappa shape index (κ1) is 20.6. The number of nitrogens with zero attached hydrogens (tertiary/aromatic N) is 2. The normalized spacial score (nSPS) is 11.1. The van der Waals surface area contributed by atoms with Crippen molar-refractivity contribution in [3.05, 3.63) is 64.1 Å². The van der Waals surface area contributed by atoms with Crippen LogP contribution in [0.3, 0.4) is 0 Å². The summed E-state index contributed by atoms with van der Waals surface area (Å²) in [6.45, 7) is 8.91. The molecule has 0 aliphatic rings. The molecule has 6 nitrogen and oxygen atoms in total. The van der Waals surface area contributed by atoms with E-state index in [1.54, 1.807) is 0 Å². The van der Waals surface area contributed by atoms with Gasteiger partial charge in [0.25, 0.3) is 0 Å². The Morgan fingerprint density at radius 1 is 1.14 bits per heavy atom. The zero-order chi connectivity index (χ0) is 21.0. The van der Waals surface area contributed by atoms with Crippen molar-refractivity contribution >= 4 is 28.3 Å². The summed E-state index contributed by atoms with van der Waals surface area (Å²) >= 11 is 0. The maximum atomic E-state index is 12.7. The van der Waals surface area contributed by atoms with Gasteiger partial charge >= 0.3 is 5.69 Å². The van der Waals surface area contributed by atoms with Crippen molar-refractivity contribution in [2.24, 2.45) is 5.92 Å². The lowest BCUT2D eigenvalue weighted by atomic mass is 10.1. The molecule has 0 radical (unpaired) electrons. The molecule has 1 heterocycles. The molecule has 0 saturated carbocycles. The number of hydrogen-bond donors (Lipinski definition) is 2. The second kappa shape index (κ2) is 8.90. The number of carbonyl (C=O) groups excluding carboxylic acids is 1. The maximum absolute atomic E-state index is 12.7. The summed E-state index contributed by atoms with van der Waals surface area (Å²) < 4.78 is 1.42. The number of para-hydroxylation sites is 1. The zero-order valence-electron chi connectivity index (χ0n) is 17.5. The van der Waals surface area contributed by atoms with Crippen molar-refractivity contribution in [1.29, 1.82) is 0 Å². The molecule has 3 aromatic rings. The third-order valence-corrected chi connectivity index (χ3v) is 4.86. The Morgan fingerprint density at radius 2 is 1.90 bits per heavy atom. The van der Waals surface area contributed by atoms with Gasteiger partial charge in [-0.1, -0.05) is 43.7 Å². The molecule has 3 rings (SSSR count). The largest absolute Gasteiger partial charge is 0.369 e. The highest BCUT2D eigenvalue weighted by Crippen LogP contribution is 2.20. The predicted molar refractivity (Wildman–Crippen MR) is 118 cm³/mol. The molecule has 2 N–H and O–H groups in total. The van der Waals surface area contributed by atoms with Gasteiger partial charge in [0.15, 0.2) is 0 Å². The van der Waals surface area contributed by atoms with E-state index in [4.69, 9.17) is 0 Å². The van der Waals surface area contributed by atoms with Crippen LogP contribution in [0, 0.1) is 19.8 Å². The number of benzene rings is 2. The van der Waals surface area contributed by atoms with Crippen LogP contribution in [-0.2, 0) is 11.3 Å². The van der Waals surface area contributed by atoms with Crippen molar-refractivity contribution in [2.75, 3.05) is 17.2 Å². The van der Waals surface area contributed by atoms with Crippen LogP contribution in [0.4, 0.5) is 11.5 Å². The summed E-state index contributed by atoms with van der Waals surface area (Å²) in [5.41, 5.74) is 3.12. The number of fused-ring (bicyclic) bond motifs is 1. The Hall–Kier alpha value is -3.15. The molecule has 0 aliphatic carbocycles. The second-order valence-electron chi connectivity index (χ2n) is 7.82. The highest BCUT2D eigenvalue weighted by Gasteiger charge is 2.13. The Labute approximate surface area is 171 Å². The number of aromatic nitrogens is 2. The molecule has 0 aliphatic heterocycles. The second-order valence-corrected chi connectivity index (χ2v) is 7.82. The third kappa shape index (κ3) is 5.02. The highest BCUT2D eigenvalue weighted by molar-refractivity contribution is 5.94. The van der Waals surface area contributed by atoms with Crippen molar-refractivity contribution in [3.63, 3.8) is 0 Å². The number of carbonyl (C=O) groups is 1. The molecule has 0 unspecified atom stereocenters. The molecule has 0 bridgehead atoms. The first-order chi connectivity index (χ1) is 13.8. The van der Waals surface area contributed by atoms with Gasteiger partial charge in [-0.05, 0) is 49.9 Å². The number of hydrogen-bond acceptors (Lipinski definition) is 4. The Kier molecular flexibility index (Phi) is 6.32. The molecule has 0 atom stereocenters. The number of anilines is 2. The van der Waals surface area contributed by atoms with E-state index < -0.39 is 5.69 Å². The molecular formula is C23H28N4O2. The van der Waals surface area contributed by atoms with Gasteiger partial charge in [-0.3, -0.25) is 9.36 Å². The van der Waals surface area contributed by atoms with Crippen LogP contribution in [0.2, 0.25) is 0 Å². The van der Waals surface area contributed by atoms with E-state index in [0.29, 0.717) is 17.3 Å². The van der Waals surface area contributed by atoms with Crippen LogP contribution in [-0.4, -0.2) is 22.0 Å². The summed E-state index contributed by atoms with van der Waals surface area (Å²) in [6, 6.07) is 13.4. The molecule has 152 valence electrons. The molecule has 1 amide bonds. The van der Waals surface area contributed by atoms with Crippen molar-refractivity contribution in [1.82, 2.24) is 9.55 Å². The number of aryl methyl sites for hydroxylation is 2. The summed E-state index contributed by atoms with van der Waals surface area (Å²) in [5, 5.41) is 6.99. The van der Waals surface area contributed by atoms with Crippen molar-refractivity contribution < 1.29 is 4.79 Å². The van der Waals surface area contributed by atoms with Crippen molar-refractivity contribution in [2.45, 2.75) is 40.7 Å². The third-order valence-electron chi connectivity index (χ3n) is 4.86. The molecule has 0 saturated heterocycles. The topological polar surface area (TPSA) is 76.0 Å². The quantitative estimate of drug-likeness (QED) is 0.634. The minimum atomic E-state index is -0.438. The van der Waals surface area contributed by atoms with Crippen LogP contribution >= 0.6 is 0 Å². The average Bonchev–Trinajstić information content (AvgIpc) is 2.66. The van der Waals surface area contributed by atoms with Crippen LogP contribution in [0.5, 0.6) is 0 Å². The first-order valence-corrected chi connectivity index (χ1v) is 9.95. The van der Waals surface area contributed by atoms with Gasteiger partial charge in [-0.15, -0.1) is 0 Å². The number of rotatable bonds is 7. The Bertz CT molecular complexity index is 1090. The molecular weight excluding hydrogens is 364 g/mol. The van der Waals surface area contributed by atoms with Gasteiger partial charge in [0.05, 0.1) is 5.52 Å². The number of nitrogens with one attached hydrogen (secondary N) is 2. The van der Waals surface area contributed by atoms with Gasteiger partial charge in [0.2, 0.25) is 5.91 Å². The predicted octanol–water partition coefficient (Wildman–Crippen LogP) is 4.11. The minimum absolute atomic E-state index is 0.0913. The highest BCUT2D eigenvalue weighted by atomic mass is 16.2. The van der Waals surface area contributed by atoms with E-state index in [1.165, 1.54) is 4.57 Å². The van der Waals surface area contributed by atoms with E-state index >= 15 is 0 Å². The van der Waals surface area contributed by atoms with E-state index in [0.717, 1.165) is 35.2 Å². The van der Waals surface area contributed by atoms with Crippen LogP contribution < -0.4 is 16.3 Å². The fraction of sp³-hybridized carbons (Fsp3) is 0.348. The Morgan fingerprint density at radius 3 is 2.62 bits per heavy atom. The minimum Gasteiger partial charge on any atom is -0.369 e. The van der Waals surface area contributed by atoms with E-state index in [2.05, 4.69) is 29.5 Å². The van der Waals surface area contributed by atoms with Gasteiger partial charge in [0, 0.05) is 17.6 Å². The van der Waals surface area contributed by atoms with Crippen molar-refractivity contribution in [3.8, 4) is 0 Å². The summed E-state index contributed by atoms with van der Waals surface area (Å²) in [5.74, 6) is 0.867. The van der Waals surface area contributed by atoms with Gasteiger partial charge in [-0.2, -0.15) is 4.98 Å². The standard InChI is InChI=1S/C23H28N4O2/c1-15(2)11-12-24-22-18-7-5-6-8-20(18)27(23(29)26-22)14-21(28)25-19-10-9-16(3)13-17(19)4/h5-10,13,15H,11-12,14H2,1-4H3,(H,25,28)(H,24,26,29).